The maximum absolute atomic E-state index is 11.7. The standard InChI is InChI=1S/C12H14O4S/c1-3-16-12(15)10-7-9(17-2)5-4-8(10)6-11(13)14/h4-5,7H,3,6H2,1-2H3,(H,13,14). The fourth-order valence-corrected chi connectivity index (χ4v) is 1.84. The third-order valence-corrected chi connectivity index (χ3v) is 2.88. The second kappa shape index (κ2) is 6.30. The lowest BCUT2D eigenvalue weighted by Gasteiger charge is -2.08. The van der Waals surface area contributed by atoms with Gasteiger partial charge in [-0.25, -0.2) is 4.79 Å². The first-order valence-electron chi connectivity index (χ1n) is 5.14. The van der Waals surface area contributed by atoms with E-state index in [0.717, 1.165) is 4.90 Å². The van der Waals surface area contributed by atoms with Crippen molar-refractivity contribution in [1.29, 1.82) is 0 Å². The maximum atomic E-state index is 11.7. The number of carboxylic acids is 1. The van der Waals surface area contributed by atoms with Crippen LogP contribution in [-0.4, -0.2) is 29.9 Å². The summed E-state index contributed by atoms with van der Waals surface area (Å²) in [5, 5.41) is 8.77. The van der Waals surface area contributed by atoms with Crippen molar-refractivity contribution in [2.24, 2.45) is 0 Å². The summed E-state index contributed by atoms with van der Waals surface area (Å²) < 4.78 is 4.91. The Kier molecular flexibility index (Phi) is 5.03. The van der Waals surface area contributed by atoms with Crippen LogP contribution in [0.15, 0.2) is 23.1 Å². The Hall–Kier alpha value is -1.49. The molecule has 92 valence electrons. The lowest BCUT2D eigenvalue weighted by molar-refractivity contribution is -0.136. The molecule has 0 bridgehead atoms. The van der Waals surface area contributed by atoms with Gasteiger partial charge in [-0.1, -0.05) is 6.07 Å². The smallest absolute Gasteiger partial charge is 0.338 e. The van der Waals surface area contributed by atoms with Gasteiger partial charge in [-0.15, -0.1) is 11.8 Å². The molecule has 5 heteroatoms. The predicted octanol–water partition coefficient (Wildman–Crippen LogP) is 2.21. The highest BCUT2D eigenvalue weighted by Gasteiger charge is 2.15. The predicted molar refractivity (Wildman–Crippen MR) is 65.5 cm³/mol. The molecule has 0 aliphatic carbocycles. The van der Waals surface area contributed by atoms with Gasteiger partial charge < -0.3 is 9.84 Å². The number of aliphatic carboxylic acids is 1. The normalized spacial score (nSPS) is 10.0. The maximum Gasteiger partial charge on any atom is 0.338 e. The third kappa shape index (κ3) is 3.78. The summed E-state index contributed by atoms with van der Waals surface area (Å²) in [5.74, 6) is -1.44. The summed E-state index contributed by atoms with van der Waals surface area (Å²) >= 11 is 1.49. The minimum absolute atomic E-state index is 0.178. The number of benzene rings is 1. The van der Waals surface area contributed by atoms with E-state index in [-0.39, 0.29) is 13.0 Å². The van der Waals surface area contributed by atoms with Gasteiger partial charge >= 0.3 is 11.9 Å². The molecule has 0 atom stereocenters. The van der Waals surface area contributed by atoms with Gasteiger partial charge in [-0.2, -0.15) is 0 Å². The van der Waals surface area contributed by atoms with Crippen LogP contribution in [0.4, 0.5) is 0 Å². The first kappa shape index (κ1) is 13.6. The summed E-state index contributed by atoms with van der Waals surface area (Å²) in [6.45, 7) is 1.99. The molecule has 0 saturated heterocycles. The van der Waals surface area contributed by atoms with Gasteiger partial charge in [-0.3, -0.25) is 4.79 Å². The minimum atomic E-state index is -0.965. The Balaban J connectivity index is 3.10. The quantitative estimate of drug-likeness (QED) is 0.644. The molecular formula is C12H14O4S. The zero-order chi connectivity index (χ0) is 12.8. The van der Waals surface area contributed by atoms with Crippen molar-refractivity contribution in [2.75, 3.05) is 12.9 Å². The zero-order valence-corrected chi connectivity index (χ0v) is 10.5. The molecule has 0 aliphatic heterocycles. The number of hydrogen-bond acceptors (Lipinski definition) is 4. The first-order valence-corrected chi connectivity index (χ1v) is 6.36. The van der Waals surface area contributed by atoms with Gasteiger partial charge in [0.25, 0.3) is 0 Å². The summed E-state index contributed by atoms with van der Waals surface area (Å²) in [4.78, 5) is 23.3. The van der Waals surface area contributed by atoms with E-state index in [1.165, 1.54) is 11.8 Å². The Morgan fingerprint density at radius 2 is 2.12 bits per heavy atom. The number of carbonyl (C=O) groups is 2. The minimum Gasteiger partial charge on any atom is -0.481 e. The summed E-state index contributed by atoms with van der Waals surface area (Å²) in [5.41, 5.74) is 0.815. The van der Waals surface area contributed by atoms with Crippen LogP contribution in [0, 0.1) is 0 Å². The van der Waals surface area contributed by atoms with Gasteiger partial charge in [0.2, 0.25) is 0 Å². The van der Waals surface area contributed by atoms with E-state index in [1.54, 1.807) is 25.1 Å². The van der Waals surface area contributed by atoms with E-state index in [9.17, 15) is 9.59 Å². The van der Waals surface area contributed by atoms with E-state index in [4.69, 9.17) is 9.84 Å². The van der Waals surface area contributed by atoms with Gasteiger partial charge in [0, 0.05) is 4.90 Å². The Bertz CT molecular complexity index is 429. The Morgan fingerprint density at radius 3 is 2.65 bits per heavy atom. The van der Waals surface area contributed by atoms with E-state index < -0.39 is 11.9 Å². The molecule has 4 nitrogen and oxygen atoms in total. The van der Waals surface area contributed by atoms with Crippen LogP contribution in [-0.2, 0) is 16.0 Å². The van der Waals surface area contributed by atoms with Crippen molar-refractivity contribution in [2.45, 2.75) is 18.2 Å². The lowest BCUT2D eigenvalue weighted by Crippen LogP contribution is -2.11. The second-order valence-corrected chi connectivity index (χ2v) is 4.19. The van der Waals surface area contributed by atoms with Crippen LogP contribution in [0.1, 0.15) is 22.8 Å². The highest BCUT2D eigenvalue weighted by atomic mass is 32.2. The van der Waals surface area contributed by atoms with Crippen molar-refractivity contribution in [1.82, 2.24) is 0 Å². The Morgan fingerprint density at radius 1 is 1.41 bits per heavy atom. The highest BCUT2D eigenvalue weighted by molar-refractivity contribution is 7.98. The molecule has 0 unspecified atom stereocenters. The van der Waals surface area contributed by atoms with Crippen molar-refractivity contribution < 1.29 is 19.4 Å². The van der Waals surface area contributed by atoms with Gasteiger partial charge in [0.1, 0.15) is 0 Å². The average molecular weight is 254 g/mol. The molecule has 1 N–H and O–H groups in total. The van der Waals surface area contributed by atoms with Gasteiger partial charge in [-0.05, 0) is 30.9 Å². The molecule has 0 saturated carbocycles. The molecule has 0 spiro atoms. The van der Waals surface area contributed by atoms with E-state index in [2.05, 4.69) is 0 Å². The summed E-state index contributed by atoms with van der Waals surface area (Å²) in [7, 11) is 0. The molecule has 0 aliphatic rings. The number of carboxylic acid groups (broad SMARTS) is 1. The molecule has 0 heterocycles. The number of thioether (sulfide) groups is 1. The van der Waals surface area contributed by atoms with Crippen molar-refractivity contribution in [3.63, 3.8) is 0 Å². The van der Waals surface area contributed by atoms with Crippen molar-refractivity contribution in [3.8, 4) is 0 Å². The topological polar surface area (TPSA) is 63.6 Å². The molecule has 1 rings (SSSR count). The number of esters is 1. The number of hydrogen-bond donors (Lipinski definition) is 1. The van der Waals surface area contributed by atoms with Crippen molar-refractivity contribution in [3.05, 3.63) is 29.3 Å². The van der Waals surface area contributed by atoms with Crippen LogP contribution in [0.3, 0.4) is 0 Å². The van der Waals surface area contributed by atoms with Gasteiger partial charge in [0.05, 0.1) is 18.6 Å². The van der Waals surface area contributed by atoms with Crippen LogP contribution in [0.25, 0.3) is 0 Å². The van der Waals surface area contributed by atoms with Crippen LogP contribution >= 0.6 is 11.8 Å². The van der Waals surface area contributed by atoms with E-state index >= 15 is 0 Å². The molecule has 0 aromatic heterocycles. The Labute approximate surface area is 104 Å². The third-order valence-electron chi connectivity index (χ3n) is 2.15. The van der Waals surface area contributed by atoms with Crippen LogP contribution in [0.5, 0.6) is 0 Å². The largest absolute Gasteiger partial charge is 0.481 e. The number of rotatable bonds is 5. The molecular weight excluding hydrogens is 240 g/mol. The fraction of sp³-hybridized carbons (Fsp3) is 0.333. The number of carbonyl (C=O) groups excluding carboxylic acids is 1. The summed E-state index contributed by atoms with van der Waals surface area (Å²) in [6, 6.07) is 5.12. The average Bonchev–Trinajstić information content (AvgIpc) is 2.29. The van der Waals surface area contributed by atoms with Gasteiger partial charge in [0.15, 0.2) is 0 Å². The monoisotopic (exact) mass is 254 g/mol. The van der Waals surface area contributed by atoms with E-state index in [1.807, 2.05) is 6.26 Å². The van der Waals surface area contributed by atoms with E-state index in [0.29, 0.717) is 11.1 Å². The molecule has 17 heavy (non-hydrogen) atoms. The second-order valence-electron chi connectivity index (χ2n) is 3.31. The highest BCUT2D eigenvalue weighted by Crippen LogP contribution is 2.20. The lowest BCUT2D eigenvalue weighted by atomic mass is 10.0. The van der Waals surface area contributed by atoms with Crippen molar-refractivity contribution >= 4 is 23.7 Å². The fourth-order valence-electron chi connectivity index (χ4n) is 1.40. The molecule has 0 radical (unpaired) electrons. The van der Waals surface area contributed by atoms with Crippen LogP contribution in [0.2, 0.25) is 0 Å². The number of ether oxygens (including phenoxy) is 1. The molecule has 1 aromatic rings. The molecule has 0 amide bonds. The van der Waals surface area contributed by atoms with Crippen LogP contribution < -0.4 is 0 Å². The zero-order valence-electron chi connectivity index (χ0n) is 9.73. The first-order chi connectivity index (χ1) is 8.08. The SMILES string of the molecule is CCOC(=O)c1cc(SC)ccc1CC(=O)O. The molecule has 0 fully saturated rings. The summed E-state index contributed by atoms with van der Waals surface area (Å²) in [6.07, 6.45) is 1.71. The molecule has 1 aromatic carbocycles.